The third kappa shape index (κ3) is 1900. The van der Waals surface area contributed by atoms with Crippen molar-refractivity contribution in [2.24, 2.45) is 0 Å². The molecule has 0 aliphatic rings. The average molecular weight is 301 g/mol. The molecule has 0 atom stereocenters. The normalized spacial score (nSPS) is 10.3. The minimum atomic E-state index is -4.94. The topological polar surface area (TPSA) is 202 Å². The van der Waals surface area contributed by atoms with E-state index < -0.39 is 31.3 Å². The number of hydrogen-bond donors (Lipinski definition) is 0. The van der Waals surface area contributed by atoms with Gasteiger partial charge in [-0.15, -0.1) is 20.5 Å². The summed E-state index contributed by atoms with van der Waals surface area (Å²) in [7, 11) is -10.5. The minimum Gasteiger partial charge on any atom is -0.260 e. The molecule has 0 radical (unpaired) electrons. The van der Waals surface area contributed by atoms with Crippen LogP contribution in [0.15, 0.2) is 0 Å². The van der Waals surface area contributed by atoms with E-state index >= 15 is 0 Å². The van der Waals surface area contributed by atoms with Crippen LogP contribution in [0, 0.1) is 20.5 Å². The summed E-state index contributed by atoms with van der Waals surface area (Å²) < 4.78 is 77.5. The van der Waals surface area contributed by atoms with E-state index in [2.05, 4.69) is 0 Å². The largest absolute Gasteiger partial charge is 2.00 e. The Kier molecular flexibility index (Phi) is 19.5. The standard InChI is InChI=1S/C2H6OS.2ClHO4.Mg/c1-4(2)3;2*2-1(3,4)5;/h1-2H3;2*(H,2,3,4,5);/q;;;+2/p-2. The molecule has 90 valence electrons. The first-order valence-electron chi connectivity index (χ1n) is 2.22. The van der Waals surface area contributed by atoms with Crippen LogP contribution in [0.4, 0.5) is 0 Å². The van der Waals surface area contributed by atoms with Crippen LogP contribution in [0.25, 0.3) is 0 Å². The molecule has 0 bridgehead atoms. The van der Waals surface area contributed by atoms with Crippen molar-refractivity contribution in [2.75, 3.05) is 12.5 Å². The molecule has 0 aromatic rings. The summed E-state index contributed by atoms with van der Waals surface area (Å²) in [5.74, 6) is 0. The molecule has 9 nitrogen and oxygen atoms in total. The summed E-state index contributed by atoms with van der Waals surface area (Å²) in [6.45, 7) is 0. The van der Waals surface area contributed by atoms with Crippen molar-refractivity contribution in [3.63, 3.8) is 0 Å². The quantitative estimate of drug-likeness (QED) is 0.389. The molecule has 0 amide bonds. The maximum absolute atomic E-state index is 9.56. The predicted molar refractivity (Wildman–Crippen MR) is 25.7 cm³/mol. The van der Waals surface area contributed by atoms with E-state index in [-0.39, 0.29) is 23.1 Å². The van der Waals surface area contributed by atoms with Crippen LogP contribution in [-0.4, -0.2) is 39.8 Å². The summed E-state index contributed by atoms with van der Waals surface area (Å²) in [6.07, 6.45) is 3.28. The predicted octanol–water partition coefficient (Wildman–Crippen LogP) is -9.90. The van der Waals surface area contributed by atoms with Gasteiger partial charge in [0.2, 0.25) is 0 Å². The van der Waals surface area contributed by atoms with E-state index in [4.69, 9.17) is 37.3 Å². The van der Waals surface area contributed by atoms with E-state index in [1.54, 1.807) is 12.5 Å². The number of halogens is 2. The van der Waals surface area contributed by atoms with Crippen LogP contribution < -0.4 is 37.3 Å². The Hall–Kier alpha value is 1.18. The monoisotopic (exact) mass is 300 g/mol. The van der Waals surface area contributed by atoms with E-state index in [9.17, 15) is 4.21 Å². The van der Waals surface area contributed by atoms with Crippen molar-refractivity contribution in [3.8, 4) is 0 Å². The molecular weight excluding hydrogens is 295 g/mol. The maximum atomic E-state index is 9.56. The molecule has 0 rings (SSSR count). The molecule has 0 fully saturated rings. The third-order valence-electron chi connectivity index (χ3n) is 0. The van der Waals surface area contributed by atoms with Gasteiger partial charge >= 0.3 is 23.1 Å². The van der Waals surface area contributed by atoms with Crippen molar-refractivity contribution in [1.29, 1.82) is 0 Å². The first-order chi connectivity index (χ1) is 5.73. The zero-order valence-corrected chi connectivity index (χ0v) is 11.3. The fourth-order valence-electron chi connectivity index (χ4n) is 0. The van der Waals surface area contributed by atoms with E-state index in [0.717, 1.165) is 0 Å². The third-order valence-corrected chi connectivity index (χ3v) is 0. The second-order valence-electron chi connectivity index (χ2n) is 1.50. The van der Waals surface area contributed by atoms with Crippen molar-refractivity contribution in [1.82, 2.24) is 0 Å². The zero-order valence-electron chi connectivity index (χ0n) is 7.55. The zero-order chi connectivity index (χ0) is 12.6. The van der Waals surface area contributed by atoms with Crippen LogP contribution in [0.5, 0.6) is 0 Å². The van der Waals surface area contributed by atoms with Gasteiger partial charge in [-0.1, -0.05) is 0 Å². The Balaban J connectivity index is -0.0000000590. The second kappa shape index (κ2) is 11.7. The molecule has 0 heterocycles. The molecule has 0 N–H and O–H groups in total. The molecule has 0 saturated heterocycles. The Morgan fingerprint density at radius 1 is 0.733 bits per heavy atom. The summed E-state index contributed by atoms with van der Waals surface area (Å²) in [6, 6.07) is 0. The van der Waals surface area contributed by atoms with Crippen LogP contribution in [0.3, 0.4) is 0 Å². The average Bonchev–Trinajstić information content (AvgIpc) is 1.45. The fraction of sp³-hybridized carbons (Fsp3) is 1.00. The van der Waals surface area contributed by atoms with Gasteiger partial charge in [0.15, 0.2) is 0 Å². The maximum Gasteiger partial charge on any atom is 2.00 e. The van der Waals surface area contributed by atoms with Crippen molar-refractivity contribution >= 4 is 33.9 Å². The van der Waals surface area contributed by atoms with E-state index in [1.165, 1.54) is 0 Å². The summed E-state index contributed by atoms with van der Waals surface area (Å²) >= 11 is 0. The van der Waals surface area contributed by atoms with Gasteiger partial charge in [0.05, 0.1) is 0 Å². The van der Waals surface area contributed by atoms with E-state index in [0.29, 0.717) is 0 Å². The second-order valence-corrected chi connectivity index (χ2v) is 4.49. The van der Waals surface area contributed by atoms with Gasteiger partial charge in [0.25, 0.3) is 0 Å². The van der Waals surface area contributed by atoms with Gasteiger partial charge in [-0.05, 0) is 0 Å². The Morgan fingerprint density at radius 2 is 0.733 bits per heavy atom. The molecule has 0 saturated carbocycles. The van der Waals surface area contributed by atoms with Crippen molar-refractivity contribution in [2.45, 2.75) is 0 Å². The molecule has 0 aliphatic heterocycles. The Bertz CT molecular complexity index is 125. The van der Waals surface area contributed by atoms with Crippen molar-refractivity contribution in [3.05, 3.63) is 0 Å². The van der Waals surface area contributed by atoms with Crippen LogP contribution >= 0.6 is 0 Å². The van der Waals surface area contributed by atoms with Crippen LogP contribution in [-0.2, 0) is 10.8 Å². The number of hydrogen-bond acceptors (Lipinski definition) is 9. The molecule has 0 spiro atoms. The Labute approximate surface area is 108 Å². The fourth-order valence-corrected chi connectivity index (χ4v) is 0. The van der Waals surface area contributed by atoms with Gasteiger partial charge in [-0.25, -0.2) is 37.3 Å². The smallest absolute Gasteiger partial charge is 0.260 e. The Morgan fingerprint density at radius 3 is 0.733 bits per heavy atom. The molecule has 13 heteroatoms. The number of rotatable bonds is 0. The summed E-state index contributed by atoms with van der Waals surface area (Å²) in [5, 5.41) is 0. The van der Waals surface area contributed by atoms with Gasteiger partial charge in [-0.2, -0.15) is 0 Å². The molecule has 0 aliphatic carbocycles. The van der Waals surface area contributed by atoms with Crippen LogP contribution in [0.1, 0.15) is 0 Å². The summed E-state index contributed by atoms with van der Waals surface area (Å²) in [4.78, 5) is 0. The molecule has 15 heavy (non-hydrogen) atoms. The first-order valence-corrected chi connectivity index (χ1v) is 6.65. The summed E-state index contributed by atoms with van der Waals surface area (Å²) in [5.41, 5.74) is 0. The molecule has 0 aromatic carbocycles. The van der Waals surface area contributed by atoms with Crippen LogP contribution in [0.2, 0.25) is 0 Å². The van der Waals surface area contributed by atoms with Crippen molar-refractivity contribution < 1.29 is 62.0 Å². The van der Waals surface area contributed by atoms with E-state index in [1.807, 2.05) is 0 Å². The van der Waals surface area contributed by atoms with Gasteiger partial charge < -0.3 is 0 Å². The first kappa shape index (κ1) is 25.1. The molecule has 0 aromatic heterocycles. The van der Waals surface area contributed by atoms with Gasteiger partial charge in [-0.3, -0.25) is 4.21 Å². The minimum absolute atomic E-state index is 0. The van der Waals surface area contributed by atoms with Gasteiger partial charge in [0, 0.05) is 23.3 Å². The molecular formula is C2H6Cl2MgO9S. The SMILES string of the molecule is CS(C)=O.[Mg+2].[O-][Cl+3]([O-])([O-])[O-].[O-][Cl+3]([O-])([O-])[O-]. The van der Waals surface area contributed by atoms with Gasteiger partial charge in [0.1, 0.15) is 0 Å². The molecule has 0 unspecified atom stereocenters.